The SMILES string of the molecule is CCCNC(=O)C(Cc1ccccc1)N(Cc1ccc(Cl)c(Cl)c1)C(=O)CCCN(c1ccc(OC)cc1)S(C)(=O)=O. The first-order valence-corrected chi connectivity index (χ1v) is 16.3. The predicted molar refractivity (Wildman–Crippen MR) is 169 cm³/mol. The minimum Gasteiger partial charge on any atom is -0.497 e. The molecule has 3 aromatic carbocycles. The number of halogens is 2. The molecule has 0 spiro atoms. The highest BCUT2D eigenvalue weighted by atomic mass is 35.5. The van der Waals surface area contributed by atoms with Gasteiger partial charge in [0.05, 0.1) is 29.1 Å². The lowest BCUT2D eigenvalue weighted by Crippen LogP contribution is -2.50. The van der Waals surface area contributed by atoms with Crippen LogP contribution in [0.25, 0.3) is 0 Å². The fraction of sp³-hybridized carbons (Fsp3) is 0.355. The van der Waals surface area contributed by atoms with Crippen molar-refractivity contribution >= 4 is 50.7 Å². The van der Waals surface area contributed by atoms with Crippen LogP contribution in [0.4, 0.5) is 5.69 Å². The third kappa shape index (κ3) is 9.64. The van der Waals surface area contributed by atoms with Crippen LogP contribution >= 0.6 is 23.2 Å². The number of hydrogen-bond acceptors (Lipinski definition) is 5. The highest BCUT2D eigenvalue weighted by Crippen LogP contribution is 2.25. The number of methoxy groups -OCH3 is 1. The fourth-order valence-electron chi connectivity index (χ4n) is 4.51. The second-order valence-electron chi connectivity index (χ2n) is 9.90. The van der Waals surface area contributed by atoms with Crippen molar-refractivity contribution in [3.05, 3.63) is 94.0 Å². The number of sulfonamides is 1. The van der Waals surface area contributed by atoms with Gasteiger partial charge >= 0.3 is 0 Å². The van der Waals surface area contributed by atoms with E-state index in [-0.39, 0.29) is 37.7 Å². The molecule has 11 heteroatoms. The number of benzene rings is 3. The molecule has 3 rings (SSSR count). The number of amides is 2. The molecule has 1 unspecified atom stereocenters. The zero-order valence-electron chi connectivity index (χ0n) is 24.1. The molecule has 0 aliphatic heterocycles. The van der Waals surface area contributed by atoms with Gasteiger partial charge < -0.3 is 15.0 Å². The monoisotopic (exact) mass is 633 g/mol. The number of anilines is 1. The molecule has 1 atom stereocenters. The molecule has 0 radical (unpaired) electrons. The van der Waals surface area contributed by atoms with Gasteiger partial charge in [0.1, 0.15) is 11.8 Å². The Morgan fingerprint density at radius 3 is 2.24 bits per heavy atom. The van der Waals surface area contributed by atoms with Crippen molar-refractivity contribution in [3.63, 3.8) is 0 Å². The lowest BCUT2D eigenvalue weighted by Gasteiger charge is -2.32. The van der Waals surface area contributed by atoms with E-state index in [4.69, 9.17) is 27.9 Å². The van der Waals surface area contributed by atoms with E-state index < -0.39 is 16.1 Å². The zero-order chi connectivity index (χ0) is 30.7. The molecule has 0 aliphatic rings. The Hall–Kier alpha value is -3.27. The Morgan fingerprint density at radius 2 is 1.64 bits per heavy atom. The summed E-state index contributed by atoms with van der Waals surface area (Å²) < 4.78 is 31.7. The third-order valence-electron chi connectivity index (χ3n) is 6.67. The van der Waals surface area contributed by atoms with Crippen molar-refractivity contribution in [2.75, 3.05) is 30.8 Å². The van der Waals surface area contributed by atoms with Crippen LogP contribution in [0.3, 0.4) is 0 Å². The molecule has 2 amide bonds. The molecule has 1 N–H and O–H groups in total. The van der Waals surface area contributed by atoms with Crippen LogP contribution in [-0.2, 0) is 32.6 Å². The minimum atomic E-state index is -3.62. The Bertz CT molecular complexity index is 1440. The second kappa shape index (κ2) is 15.8. The van der Waals surface area contributed by atoms with Crippen LogP contribution in [-0.4, -0.2) is 57.6 Å². The molecule has 0 bridgehead atoms. The largest absolute Gasteiger partial charge is 0.497 e. The number of carbonyl (C=O) groups is 2. The topological polar surface area (TPSA) is 96.0 Å². The van der Waals surface area contributed by atoms with Gasteiger partial charge in [-0.15, -0.1) is 0 Å². The Morgan fingerprint density at radius 1 is 0.952 bits per heavy atom. The number of hydrogen-bond donors (Lipinski definition) is 1. The molecule has 0 heterocycles. The van der Waals surface area contributed by atoms with Crippen LogP contribution in [0.2, 0.25) is 10.0 Å². The van der Waals surface area contributed by atoms with E-state index in [0.717, 1.165) is 23.8 Å². The van der Waals surface area contributed by atoms with E-state index in [0.29, 0.717) is 34.4 Å². The van der Waals surface area contributed by atoms with Crippen molar-refractivity contribution in [3.8, 4) is 5.75 Å². The second-order valence-corrected chi connectivity index (χ2v) is 12.6. The third-order valence-corrected chi connectivity index (χ3v) is 8.60. The van der Waals surface area contributed by atoms with Crippen LogP contribution < -0.4 is 14.4 Å². The molecule has 0 saturated carbocycles. The van der Waals surface area contributed by atoms with Gasteiger partial charge in [0.25, 0.3) is 0 Å². The van der Waals surface area contributed by atoms with E-state index in [1.165, 1.54) is 11.4 Å². The average Bonchev–Trinajstić information content (AvgIpc) is 2.97. The van der Waals surface area contributed by atoms with Gasteiger partial charge in [0.15, 0.2) is 0 Å². The molecule has 3 aromatic rings. The lowest BCUT2D eigenvalue weighted by atomic mass is 10.0. The van der Waals surface area contributed by atoms with Gasteiger partial charge in [0.2, 0.25) is 21.8 Å². The molecule has 0 aromatic heterocycles. The number of ether oxygens (including phenoxy) is 1. The normalized spacial score (nSPS) is 11.9. The van der Waals surface area contributed by atoms with Crippen molar-refractivity contribution in [2.45, 2.75) is 45.2 Å². The van der Waals surface area contributed by atoms with E-state index >= 15 is 0 Å². The van der Waals surface area contributed by atoms with E-state index in [1.54, 1.807) is 47.4 Å². The summed E-state index contributed by atoms with van der Waals surface area (Å²) >= 11 is 12.4. The van der Waals surface area contributed by atoms with E-state index in [1.807, 2.05) is 37.3 Å². The van der Waals surface area contributed by atoms with Crippen molar-refractivity contribution < 1.29 is 22.7 Å². The summed E-state index contributed by atoms with van der Waals surface area (Å²) in [4.78, 5) is 28.9. The maximum atomic E-state index is 13.9. The minimum absolute atomic E-state index is 0.0237. The first-order valence-electron chi connectivity index (χ1n) is 13.7. The van der Waals surface area contributed by atoms with Gasteiger partial charge in [-0.1, -0.05) is 66.5 Å². The van der Waals surface area contributed by atoms with Crippen LogP contribution in [0.1, 0.15) is 37.3 Å². The van der Waals surface area contributed by atoms with Crippen LogP contribution in [0, 0.1) is 0 Å². The first-order chi connectivity index (χ1) is 20.0. The summed E-state index contributed by atoms with van der Waals surface area (Å²) in [5.74, 6) is 0.0630. The predicted octanol–water partition coefficient (Wildman–Crippen LogP) is 5.71. The summed E-state index contributed by atoms with van der Waals surface area (Å²) in [6.07, 6.45) is 2.45. The molecule has 226 valence electrons. The number of nitrogens with one attached hydrogen (secondary N) is 1. The van der Waals surface area contributed by atoms with Gasteiger partial charge in [-0.05, 0) is 60.4 Å². The van der Waals surface area contributed by atoms with E-state index in [9.17, 15) is 18.0 Å². The van der Waals surface area contributed by atoms with Crippen molar-refractivity contribution in [1.82, 2.24) is 10.2 Å². The summed E-state index contributed by atoms with van der Waals surface area (Å²) in [7, 11) is -2.08. The highest BCUT2D eigenvalue weighted by Gasteiger charge is 2.30. The molecule has 0 saturated heterocycles. The van der Waals surface area contributed by atoms with Crippen LogP contribution in [0.5, 0.6) is 5.75 Å². The summed E-state index contributed by atoms with van der Waals surface area (Å²) in [5.41, 5.74) is 2.10. The summed E-state index contributed by atoms with van der Waals surface area (Å²) in [6, 6.07) is 20.5. The molecule has 0 aliphatic carbocycles. The number of rotatable bonds is 15. The highest BCUT2D eigenvalue weighted by molar-refractivity contribution is 7.92. The zero-order valence-corrected chi connectivity index (χ0v) is 26.4. The van der Waals surface area contributed by atoms with Gasteiger partial charge in [-0.2, -0.15) is 0 Å². The van der Waals surface area contributed by atoms with Gasteiger partial charge in [-0.3, -0.25) is 13.9 Å². The lowest BCUT2D eigenvalue weighted by molar-refractivity contribution is -0.141. The number of carbonyl (C=O) groups excluding carboxylic acids is 2. The Labute approximate surface area is 258 Å². The quantitative estimate of drug-likeness (QED) is 0.231. The van der Waals surface area contributed by atoms with Crippen molar-refractivity contribution in [1.29, 1.82) is 0 Å². The Kier molecular flexibility index (Phi) is 12.5. The molecule has 42 heavy (non-hydrogen) atoms. The first kappa shape index (κ1) is 33.2. The van der Waals surface area contributed by atoms with Crippen LogP contribution in [0.15, 0.2) is 72.8 Å². The average molecular weight is 635 g/mol. The maximum Gasteiger partial charge on any atom is 0.243 e. The van der Waals surface area contributed by atoms with Gasteiger partial charge in [-0.25, -0.2) is 8.42 Å². The van der Waals surface area contributed by atoms with E-state index in [2.05, 4.69) is 5.32 Å². The molecule has 8 nitrogen and oxygen atoms in total. The van der Waals surface area contributed by atoms with Crippen molar-refractivity contribution in [2.24, 2.45) is 0 Å². The van der Waals surface area contributed by atoms with Gasteiger partial charge in [0, 0.05) is 32.5 Å². The Balaban J connectivity index is 1.88. The summed E-state index contributed by atoms with van der Waals surface area (Å²) in [5, 5.41) is 3.68. The molecular formula is C31H37Cl2N3O5S. The molecule has 0 fully saturated rings. The fourth-order valence-corrected chi connectivity index (χ4v) is 5.79. The number of nitrogens with zero attached hydrogens (tertiary/aromatic N) is 2. The smallest absolute Gasteiger partial charge is 0.243 e. The molecular weight excluding hydrogens is 597 g/mol. The maximum absolute atomic E-state index is 13.9. The standard InChI is InChI=1S/C31H37Cl2N3O5S/c1-4-18-34-31(38)29(21-23-9-6-5-7-10-23)35(22-24-12-17-27(32)28(33)20-24)30(37)11-8-19-36(42(3,39)40)25-13-15-26(41-2)16-14-25/h5-7,9-10,12-17,20,29H,4,8,11,18-19,21-22H2,1-3H3,(H,34,38). The summed E-state index contributed by atoms with van der Waals surface area (Å²) in [6.45, 7) is 2.65.